The third-order valence-corrected chi connectivity index (χ3v) is 6.25. The van der Waals surface area contributed by atoms with Crippen molar-refractivity contribution in [2.45, 2.75) is 31.6 Å². The van der Waals surface area contributed by atoms with Crippen molar-refractivity contribution in [2.75, 3.05) is 50.8 Å². The van der Waals surface area contributed by atoms with Gasteiger partial charge in [0, 0.05) is 44.3 Å². The van der Waals surface area contributed by atoms with Gasteiger partial charge in [0.1, 0.15) is 12.7 Å². The summed E-state index contributed by atoms with van der Waals surface area (Å²) >= 11 is 0. The molecule has 0 saturated carbocycles. The third-order valence-electron chi connectivity index (χ3n) is 6.25. The van der Waals surface area contributed by atoms with Crippen molar-refractivity contribution in [2.24, 2.45) is 11.7 Å². The number of hydrogen-bond donors (Lipinski definition) is 1. The van der Waals surface area contributed by atoms with Crippen molar-refractivity contribution >= 4 is 22.9 Å². The summed E-state index contributed by atoms with van der Waals surface area (Å²) in [6.07, 6.45) is -0.116. The molecule has 33 heavy (non-hydrogen) atoms. The van der Waals surface area contributed by atoms with Gasteiger partial charge in [-0.3, -0.25) is 4.79 Å². The van der Waals surface area contributed by atoms with E-state index in [2.05, 4.69) is 9.83 Å². The Hall–Kier alpha value is -2.84. The second kappa shape index (κ2) is 9.97. The fraction of sp³-hybridized carbons (Fsp3) is 0.591. The molecule has 2 saturated heterocycles. The van der Waals surface area contributed by atoms with Crippen LogP contribution in [0.15, 0.2) is 12.1 Å². The number of alkyl halides is 1. The average molecular weight is 464 g/mol. The zero-order valence-electron chi connectivity index (χ0n) is 18.2. The summed E-state index contributed by atoms with van der Waals surface area (Å²) in [5, 5.41) is 0. The topological polar surface area (TPSA) is 81.0 Å². The number of nitrogens with zero attached hydrogens (tertiary/aromatic N) is 5. The standard InChI is InChI=1S/C22H27F3N6O2/c1-27-4-6-29(10-14-3-7-33-13-14)21(32)12-31-20-9-17(25)16(24)8-19(20)28-22(31)30-5-2-15(23)18(26)11-30/h8-9,14-15,18H,2-7,10-13,26H2/t14?,15-,18-/m1/s1. The molecule has 2 N–H and O–H groups in total. The zero-order valence-corrected chi connectivity index (χ0v) is 18.2. The van der Waals surface area contributed by atoms with E-state index in [9.17, 15) is 18.0 Å². The smallest absolute Gasteiger partial charge is 0.242 e. The maximum atomic E-state index is 14.1. The Morgan fingerprint density at radius 1 is 1.33 bits per heavy atom. The summed E-state index contributed by atoms with van der Waals surface area (Å²) in [6, 6.07) is 1.28. The van der Waals surface area contributed by atoms with Gasteiger partial charge in [-0.15, -0.1) is 0 Å². The summed E-state index contributed by atoms with van der Waals surface area (Å²) in [6.45, 7) is 9.49. The van der Waals surface area contributed by atoms with Crippen LogP contribution in [0.2, 0.25) is 0 Å². The highest BCUT2D eigenvalue weighted by Crippen LogP contribution is 2.28. The molecule has 2 aromatic rings. The normalized spacial score (nSPS) is 23.1. The van der Waals surface area contributed by atoms with Crippen molar-refractivity contribution in [1.29, 1.82) is 0 Å². The van der Waals surface area contributed by atoms with E-state index in [1.54, 1.807) is 9.80 Å². The number of anilines is 1. The first-order valence-electron chi connectivity index (χ1n) is 11.1. The van der Waals surface area contributed by atoms with Crippen molar-refractivity contribution in [3.63, 3.8) is 0 Å². The fourth-order valence-electron chi connectivity index (χ4n) is 4.40. The van der Waals surface area contributed by atoms with Crippen LogP contribution in [0.25, 0.3) is 15.9 Å². The minimum Gasteiger partial charge on any atom is -0.381 e. The second-order valence-corrected chi connectivity index (χ2v) is 8.62. The highest BCUT2D eigenvalue weighted by molar-refractivity contribution is 5.83. The molecule has 2 fully saturated rings. The molecule has 0 radical (unpaired) electrons. The molecular formula is C22H27F3N6O2. The van der Waals surface area contributed by atoms with Gasteiger partial charge in [0.2, 0.25) is 18.4 Å². The van der Waals surface area contributed by atoms with Gasteiger partial charge in [-0.1, -0.05) is 0 Å². The lowest BCUT2D eigenvalue weighted by molar-refractivity contribution is -0.132. The number of aromatic nitrogens is 2. The molecule has 2 aliphatic rings. The number of hydrogen-bond acceptors (Lipinski definition) is 5. The van der Waals surface area contributed by atoms with Gasteiger partial charge in [-0.05, 0) is 12.8 Å². The molecule has 11 heteroatoms. The monoisotopic (exact) mass is 464 g/mol. The molecule has 8 nitrogen and oxygen atoms in total. The van der Waals surface area contributed by atoms with Gasteiger partial charge >= 0.3 is 0 Å². The Bertz CT molecular complexity index is 1050. The van der Waals surface area contributed by atoms with Crippen molar-refractivity contribution in [1.82, 2.24) is 14.5 Å². The first-order chi connectivity index (χ1) is 15.9. The highest BCUT2D eigenvalue weighted by atomic mass is 19.2. The molecule has 0 aliphatic carbocycles. The Morgan fingerprint density at radius 2 is 2.12 bits per heavy atom. The van der Waals surface area contributed by atoms with E-state index < -0.39 is 23.8 Å². The summed E-state index contributed by atoms with van der Waals surface area (Å²) < 4.78 is 48.8. The molecule has 2 aliphatic heterocycles. The predicted molar refractivity (Wildman–Crippen MR) is 116 cm³/mol. The number of amides is 1. The molecule has 1 unspecified atom stereocenters. The number of nitrogens with two attached hydrogens (primary N) is 1. The molecule has 3 heterocycles. The number of carbonyl (C=O) groups excluding carboxylic acids is 1. The Balaban J connectivity index is 1.66. The average Bonchev–Trinajstić information content (AvgIpc) is 3.42. The summed E-state index contributed by atoms with van der Waals surface area (Å²) in [4.78, 5) is 24.5. The van der Waals surface area contributed by atoms with Crippen LogP contribution in [0, 0.1) is 24.1 Å². The molecular weight excluding hydrogens is 437 g/mol. The third kappa shape index (κ3) is 5.07. The molecule has 3 atom stereocenters. The number of piperidine rings is 1. The minimum absolute atomic E-state index is 0.162. The zero-order chi connectivity index (χ0) is 23.5. The largest absolute Gasteiger partial charge is 0.381 e. The van der Waals surface area contributed by atoms with E-state index in [1.807, 2.05) is 0 Å². The number of fused-ring (bicyclic) bond motifs is 1. The second-order valence-electron chi connectivity index (χ2n) is 8.62. The van der Waals surface area contributed by atoms with Crippen LogP contribution in [0.1, 0.15) is 12.8 Å². The summed E-state index contributed by atoms with van der Waals surface area (Å²) in [5.41, 5.74) is 6.37. The quantitative estimate of drug-likeness (QED) is 0.634. The van der Waals surface area contributed by atoms with Crippen LogP contribution >= 0.6 is 0 Å². The lowest BCUT2D eigenvalue weighted by atomic mass is 10.1. The van der Waals surface area contributed by atoms with Gasteiger partial charge in [0.15, 0.2) is 11.6 Å². The van der Waals surface area contributed by atoms with E-state index in [0.29, 0.717) is 32.3 Å². The lowest BCUT2D eigenvalue weighted by Crippen LogP contribution is -2.50. The van der Waals surface area contributed by atoms with Crippen LogP contribution in [0.4, 0.5) is 19.1 Å². The van der Waals surface area contributed by atoms with E-state index in [0.717, 1.165) is 18.6 Å². The number of halogens is 3. The number of benzene rings is 1. The summed E-state index contributed by atoms with van der Waals surface area (Å²) in [7, 11) is 0. The maximum Gasteiger partial charge on any atom is 0.242 e. The van der Waals surface area contributed by atoms with Crippen LogP contribution < -0.4 is 10.6 Å². The Morgan fingerprint density at radius 3 is 2.82 bits per heavy atom. The van der Waals surface area contributed by atoms with Gasteiger partial charge in [-0.2, -0.15) is 0 Å². The van der Waals surface area contributed by atoms with Crippen molar-refractivity contribution in [3.05, 3.63) is 35.2 Å². The van der Waals surface area contributed by atoms with Gasteiger partial charge < -0.3 is 29.7 Å². The van der Waals surface area contributed by atoms with Crippen LogP contribution in [-0.2, 0) is 16.1 Å². The van der Waals surface area contributed by atoms with Crippen LogP contribution in [0.3, 0.4) is 0 Å². The molecule has 0 bridgehead atoms. The molecule has 1 aromatic carbocycles. The molecule has 0 spiro atoms. The van der Waals surface area contributed by atoms with E-state index in [-0.39, 0.29) is 55.5 Å². The Labute approximate surface area is 189 Å². The molecule has 1 aromatic heterocycles. The van der Waals surface area contributed by atoms with E-state index in [4.69, 9.17) is 17.0 Å². The van der Waals surface area contributed by atoms with E-state index >= 15 is 0 Å². The fourth-order valence-corrected chi connectivity index (χ4v) is 4.40. The number of imidazole rings is 1. The number of ether oxygens (including phenoxy) is 1. The Kier molecular flexibility index (Phi) is 7.05. The lowest BCUT2D eigenvalue weighted by Gasteiger charge is -2.34. The van der Waals surface area contributed by atoms with Crippen molar-refractivity contribution < 1.29 is 22.7 Å². The molecule has 4 rings (SSSR count). The van der Waals surface area contributed by atoms with Gasteiger partial charge in [0.05, 0.1) is 30.2 Å². The first kappa shape index (κ1) is 23.3. The predicted octanol–water partition coefficient (Wildman–Crippen LogP) is 1.97. The number of carbonyl (C=O) groups is 1. The van der Waals surface area contributed by atoms with Crippen molar-refractivity contribution in [3.8, 4) is 0 Å². The van der Waals surface area contributed by atoms with Gasteiger partial charge in [0.25, 0.3) is 0 Å². The molecule has 178 valence electrons. The molecule has 1 amide bonds. The SMILES string of the molecule is [C-]#[N+]CCN(CC1CCOC1)C(=O)Cn1c(N2CC[C@@H](F)[C@H](N)C2)nc2cc(F)c(F)cc21. The minimum atomic E-state index is -1.15. The van der Waals surface area contributed by atoms with E-state index in [1.165, 1.54) is 4.57 Å². The van der Waals surface area contributed by atoms with Crippen LogP contribution in [-0.4, -0.2) is 78.5 Å². The van der Waals surface area contributed by atoms with Crippen LogP contribution in [0.5, 0.6) is 0 Å². The highest BCUT2D eigenvalue weighted by Gasteiger charge is 2.31. The van der Waals surface area contributed by atoms with Gasteiger partial charge in [-0.25, -0.2) is 24.7 Å². The number of rotatable bonds is 7. The summed E-state index contributed by atoms with van der Waals surface area (Å²) in [5.74, 6) is -1.84. The maximum absolute atomic E-state index is 14.1. The first-order valence-corrected chi connectivity index (χ1v) is 11.1.